The molecule has 0 spiro atoms. The zero-order valence-corrected chi connectivity index (χ0v) is 15.1. The minimum absolute atomic E-state index is 0.212. The van der Waals surface area contributed by atoms with Crippen LogP contribution in [0.5, 0.6) is 0 Å². The van der Waals surface area contributed by atoms with Crippen molar-refractivity contribution in [2.24, 2.45) is 0 Å². The van der Waals surface area contributed by atoms with Crippen molar-refractivity contribution in [2.75, 3.05) is 0 Å². The molecular weight excluding hydrogens is 314 g/mol. The fourth-order valence-corrected chi connectivity index (χ4v) is 2.37. The first-order chi connectivity index (χ1) is 11.8. The summed E-state index contributed by atoms with van der Waals surface area (Å²) in [6, 6.07) is 19.2. The van der Waals surface area contributed by atoms with Crippen LogP contribution in [-0.4, -0.2) is 22.5 Å². The maximum atomic E-state index is 12.7. The van der Waals surface area contributed by atoms with E-state index in [2.05, 4.69) is 0 Å². The third kappa shape index (κ3) is 6.42. The molecule has 0 aromatic heterocycles. The minimum atomic E-state index is -0.647. The second kappa shape index (κ2) is 8.47. The number of rotatable bonds is 5. The van der Waals surface area contributed by atoms with Gasteiger partial charge in [0.15, 0.2) is 0 Å². The number of amides is 2. The Balaban J connectivity index is 2.09. The van der Waals surface area contributed by atoms with E-state index < -0.39 is 11.7 Å². The highest BCUT2D eigenvalue weighted by Gasteiger charge is 2.27. The Hall–Kier alpha value is -2.62. The topological polar surface area (TPSA) is 46.6 Å². The predicted molar refractivity (Wildman–Crippen MR) is 98.0 cm³/mol. The average molecular weight is 339 g/mol. The molecule has 0 heterocycles. The number of carbonyl (C=O) groups is 2. The lowest BCUT2D eigenvalue weighted by Crippen LogP contribution is -2.40. The molecule has 0 aliphatic rings. The van der Waals surface area contributed by atoms with Crippen LogP contribution in [0.1, 0.15) is 38.3 Å². The van der Waals surface area contributed by atoms with Crippen LogP contribution in [0.2, 0.25) is 0 Å². The van der Waals surface area contributed by atoms with E-state index >= 15 is 0 Å². The molecule has 0 N–H and O–H groups in total. The zero-order valence-electron chi connectivity index (χ0n) is 15.1. The van der Waals surface area contributed by atoms with E-state index in [-0.39, 0.29) is 18.9 Å². The number of hydrogen-bond acceptors (Lipinski definition) is 3. The van der Waals surface area contributed by atoms with Crippen molar-refractivity contribution in [1.29, 1.82) is 0 Å². The second-order valence-electron chi connectivity index (χ2n) is 6.93. The molecule has 0 saturated carbocycles. The van der Waals surface area contributed by atoms with Crippen molar-refractivity contribution in [2.45, 2.75) is 45.8 Å². The first-order valence-corrected chi connectivity index (χ1v) is 8.46. The van der Waals surface area contributed by atoms with Crippen molar-refractivity contribution >= 4 is 12.0 Å². The molecule has 0 bridgehead atoms. The number of ether oxygens (including phenoxy) is 1. The summed E-state index contributed by atoms with van der Waals surface area (Å²) in [4.78, 5) is 26.4. The Kier molecular flexibility index (Phi) is 6.34. The van der Waals surface area contributed by atoms with Gasteiger partial charge in [-0.3, -0.25) is 4.79 Å². The Labute approximate surface area is 149 Å². The summed E-state index contributed by atoms with van der Waals surface area (Å²) in [7, 11) is 0. The molecule has 4 nitrogen and oxygen atoms in total. The van der Waals surface area contributed by atoms with Gasteiger partial charge in [-0.25, -0.2) is 9.69 Å². The predicted octanol–water partition coefficient (Wildman–Crippen LogP) is 4.58. The molecule has 0 aliphatic carbocycles. The number of imide groups is 1. The van der Waals surface area contributed by atoms with Crippen LogP contribution < -0.4 is 0 Å². The molecule has 0 aliphatic heterocycles. The van der Waals surface area contributed by atoms with Gasteiger partial charge in [-0.15, -0.1) is 0 Å². The van der Waals surface area contributed by atoms with Crippen LogP contribution in [0.4, 0.5) is 4.79 Å². The minimum Gasteiger partial charge on any atom is -0.443 e. The van der Waals surface area contributed by atoms with Gasteiger partial charge in [0.25, 0.3) is 0 Å². The summed E-state index contributed by atoms with van der Waals surface area (Å²) in [5.74, 6) is -0.234. The summed E-state index contributed by atoms with van der Waals surface area (Å²) < 4.78 is 5.41. The fourth-order valence-electron chi connectivity index (χ4n) is 2.37. The molecular formula is C21H25NO3. The SMILES string of the molecule is CC(C)(C)OC(=O)N(Cc1ccccc1)C(=O)CCc1ccccc1. The molecule has 0 fully saturated rings. The molecule has 2 rings (SSSR count). The molecule has 0 saturated heterocycles. The van der Waals surface area contributed by atoms with E-state index in [1.807, 2.05) is 60.7 Å². The Morgan fingerprint density at radius 2 is 1.40 bits per heavy atom. The molecule has 0 unspecified atom stereocenters. The number of hydrogen-bond donors (Lipinski definition) is 0. The highest BCUT2D eigenvalue weighted by Crippen LogP contribution is 2.15. The van der Waals surface area contributed by atoms with Crippen molar-refractivity contribution in [1.82, 2.24) is 4.90 Å². The third-order valence-corrected chi connectivity index (χ3v) is 3.57. The largest absolute Gasteiger partial charge is 0.443 e. The van der Waals surface area contributed by atoms with Gasteiger partial charge in [-0.05, 0) is 38.3 Å². The van der Waals surface area contributed by atoms with Crippen LogP contribution in [0.25, 0.3) is 0 Å². The molecule has 132 valence electrons. The van der Waals surface area contributed by atoms with Gasteiger partial charge in [-0.1, -0.05) is 60.7 Å². The molecule has 4 heteroatoms. The van der Waals surface area contributed by atoms with Crippen LogP contribution in [0, 0.1) is 0 Å². The van der Waals surface area contributed by atoms with Crippen LogP contribution in [0.3, 0.4) is 0 Å². The van der Waals surface area contributed by atoms with Crippen molar-refractivity contribution < 1.29 is 14.3 Å². The first-order valence-electron chi connectivity index (χ1n) is 8.46. The van der Waals surface area contributed by atoms with Crippen molar-refractivity contribution in [3.05, 3.63) is 71.8 Å². The number of benzene rings is 2. The normalized spacial score (nSPS) is 11.0. The average Bonchev–Trinajstić information content (AvgIpc) is 2.58. The van der Waals surface area contributed by atoms with E-state index in [0.717, 1.165) is 11.1 Å². The molecule has 0 atom stereocenters. The Morgan fingerprint density at radius 3 is 1.92 bits per heavy atom. The smallest absolute Gasteiger partial charge is 0.417 e. The molecule has 2 amide bonds. The number of aryl methyl sites for hydroxylation is 1. The van der Waals surface area contributed by atoms with Crippen LogP contribution in [-0.2, 0) is 22.5 Å². The van der Waals surface area contributed by atoms with Gasteiger partial charge in [0.1, 0.15) is 5.60 Å². The lowest BCUT2D eigenvalue weighted by atomic mass is 10.1. The highest BCUT2D eigenvalue weighted by molar-refractivity contribution is 5.92. The van der Waals surface area contributed by atoms with E-state index in [1.165, 1.54) is 4.90 Å². The monoisotopic (exact) mass is 339 g/mol. The molecule has 25 heavy (non-hydrogen) atoms. The number of nitrogens with zero attached hydrogens (tertiary/aromatic N) is 1. The first kappa shape index (κ1) is 18.7. The van der Waals surface area contributed by atoms with E-state index in [9.17, 15) is 9.59 Å². The van der Waals surface area contributed by atoms with Gasteiger partial charge >= 0.3 is 6.09 Å². The van der Waals surface area contributed by atoms with Gasteiger partial charge in [0.05, 0.1) is 6.54 Å². The van der Waals surface area contributed by atoms with Crippen LogP contribution >= 0.6 is 0 Å². The highest BCUT2D eigenvalue weighted by atomic mass is 16.6. The van der Waals surface area contributed by atoms with Crippen molar-refractivity contribution in [3.8, 4) is 0 Å². The van der Waals surface area contributed by atoms with Gasteiger partial charge in [0, 0.05) is 6.42 Å². The Morgan fingerprint density at radius 1 is 0.880 bits per heavy atom. The van der Waals surface area contributed by atoms with E-state index in [1.54, 1.807) is 20.8 Å². The molecule has 2 aromatic carbocycles. The van der Waals surface area contributed by atoms with E-state index in [4.69, 9.17) is 4.74 Å². The molecule has 0 radical (unpaired) electrons. The fraction of sp³-hybridized carbons (Fsp3) is 0.333. The van der Waals surface area contributed by atoms with Gasteiger partial charge in [-0.2, -0.15) is 0 Å². The standard InChI is InChI=1S/C21H25NO3/c1-21(2,3)25-20(24)22(16-18-12-8-5-9-13-18)19(23)15-14-17-10-6-4-7-11-17/h4-13H,14-16H2,1-3H3. The van der Waals surface area contributed by atoms with Gasteiger partial charge in [0.2, 0.25) is 5.91 Å². The third-order valence-electron chi connectivity index (χ3n) is 3.57. The van der Waals surface area contributed by atoms with Gasteiger partial charge < -0.3 is 4.74 Å². The second-order valence-corrected chi connectivity index (χ2v) is 6.93. The lowest BCUT2D eigenvalue weighted by Gasteiger charge is -2.26. The summed E-state index contributed by atoms with van der Waals surface area (Å²) in [6.07, 6.45) is 0.249. The maximum absolute atomic E-state index is 12.7. The molecule has 2 aromatic rings. The Bertz CT molecular complexity index is 690. The zero-order chi connectivity index (χ0) is 18.3. The van der Waals surface area contributed by atoms with Crippen LogP contribution in [0.15, 0.2) is 60.7 Å². The summed E-state index contributed by atoms with van der Waals surface area (Å²) in [5.41, 5.74) is 1.31. The lowest BCUT2D eigenvalue weighted by molar-refractivity contribution is -0.130. The van der Waals surface area contributed by atoms with Crippen molar-refractivity contribution in [3.63, 3.8) is 0 Å². The quantitative estimate of drug-likeness (QED) is 0.801. The maximum Gasteiger partial charge on any atom is 0.417 e. The summed E-state index contributed by atoms with van der Waals surface area (Å²) in [5, 5.41) is 0. The summed E-state index contributed by atoms with van der Waals surface area (Å²) in [6.45, 7) is 5.59. The van der Waals surface area contributed by atoms with E-state index in [0.29, 0.717) is 6.42 Å². The number of carbonyl (C=O) groups excluding carboxylic acids is 2. The summed E-state index contributed by atoms with van der Waals surface area (Å²) >= 11 is 0.